The predicted octanol–water partition coefficient (Wildman–Crippen LogP) is 3.00. The SMILES string of the molecule is Cc1ccc(S(=O)(=O)N(C)c2ccccc2C#N)c(C)c1. The Bertz CT molecular complexity index is 820. The van der Waals surface area contributed by atoms with Crippen molar-refractivity contribution in [1.82, 2.24) is 0 Å². The van der Waals surface area contributed by atoms with Crippen molar-refractivity contribution < 1.29 is 8.42 Å². The third kappa shape index (κ3) is 2.76. The quantitative estimate of drug-likeness (QED) is 0.875. The van der Waals surface area contributed by atoms with Gasteiger partial charge in [-0.3, -0.25) is 4.31 Å². The number of nitrogens with zero attached hydrogens (tertiary/aromatic N) is 2. The molecule has 0 heterocycles. The average Bonchev–Trinajstić information content (AvgIpc) is 2.46. The second-order valence-corrected chi connectivity index (χ2v) is 6.81. The zero-order valence-electron chi connectivity index (χ0n) is 12.2. The number of rotatable bonds is 3. The van der Waals surface area contributed by atoms with E-state index in [9.17, 15) is 8.42 Å². The molecule has 0 saturated carbocycles. The molecule has 0 bridgehead atoms. The number of nitriles is 1. The molecule has 0 aliphatic carbocycles. The van der Waals surface area contributed by atoms with E-state index in [1.54, 1.807) is 43.3 Å². The minimum atomic E-state index is -3.69. The molecule has 0 saturated heterocycles. The molecule has 2 aromatic carbocycles. The Kier molecular flexibility index (Phi) is 4.01. The Labute approximate surface area is 125 Å². The molecule has 4 nitrogen and oxygen atoms in total. The maximum Gasteiger partial charge on any atom is 0.264 e. The summed E-state index contributed by atoms with van der Waals surface area (Å²) in [6.07, 6.45) is 0. The van der Waals surface area contributed by atoms with Crippen molar-refractivity contribution in [2.24, 2.45) is 0 Å². The van der Waals surface area contributed by atoms with Crippen molar-refractivity contribution >= 4 is 15.7 Å². The van der Waals surface area contributed by atoms with E-state index in [2.05, 4.69) is 0 Å². The first-order valence-corrected chi connectivity index (χ1v) is 7.87. The molecule has 0 radical (unpaired) electrons. The first kappa shape index (κ1) is 15.1. The maximum absolute atomic E-state index is 12.7. The summed E-state index contributed by atoms with van der Waals surface area (Å²) in [5, 5.41) is 9.12. The lowest BCUT2D eigenvalue weighted by atomic mass is 10.2. The van der Waals surface area contributed by atoms with Gasteiger partial charge in [0.1, 0.15) is 6.07 Å². The summed E-state index contributed by atoms with van der Waals surface area (Å²) in [4.78, 5) is 0.253. The minimum absolute atomic E-state index is 0.253. The van der Waals surface area contributed by atoms with E-state index >= 15 is 0 Å². The summed E-state index contributed by atoms with van der Waals surface area (Å²) in [6, 6.07) is 13.9. The number of anilines is 1. The fraction of sp³-hybridized carbons (Fsp3) is 0.188. The molecule has 0 unspecified atom stereocenters. The summed E-state index contributed by atoms with van der Waals surface area (Å²) in [5.41, 5.74) is 2.40. The highest BCUT2D eigenvalue weighted by Gasteiger charge is 2.24. The highest BCUT2D eigenvalue weighted by Crippen LogP contribution is 2.27. The second kappa shape index (κ2) is 5.58. The molecule has 108 valence electrons. The topological polar surface area (TPSA) is 61.2 Å². The monoisotopic (exact) mass is 300 g/mol. The minimum Gasteiger partial charge on any atom is -0.268 e. The van der Waals surface area contributed by atoms with Gasteiger partial charge in [0.25, 0.3) is 10.0 Å². The normalized spacial score (nSPS) is 11.0. The van der Waals surface area contributed by atoms with Gasteiger partial charge >= 0.3 is 0 Å². The number of aryl methyl sites for hydroxylation is 2. The van der Waals surface area contributed by atoms with Crippen LogP contribution in [-0.2, 0) is 10.0 Å². The largest absolute Gasteiger partial charge is 0.268 e. The standard InChI is InChI=1S/C16H16N2O2S/c1-12-8-9-16(13(2)10-12)21(19,20)18(3)15-7-5-4-6-14(15)11-17/h4-10H,1-3H3. The Hall–Kier alpha value is -2.32. The van der Waals surface area contributed by atoms with Gasteiger partial charge in [-0.1, -0.05) is 29.8 Å². The van der Waals surface area contributed by atoms with E-state index in [1.807, 2.05) is 19.1 Å². The molecular formula is C16H16N2O2S. The van der Waals surface area contributed by atoms with Crippen LogP contribution in [0.5, 0.6) is 0 Å². The molecule has 0 aliphatic rings. The summed E-state index contributed by atoms with van der Waals surface area (Å²) in [6.45, 7) is 3.68. The van der Waals surface area contributed by atoms with Gasteiger partial charge in [-0.05, 0) is 37.6 Å². The molecule has 0 amide bonds. The lowest BCUT2D eigenvalue weighted by Gasteiger charge is -2.21. The third-order valence-corrected chi connectivity index (χ3v) is 5.26. The van der Waals surface area contributed by atoms with Crippen LogP contribution >= 0.6 is 0 Å². The van der Waals surface area contributed by atoms with E-state index in [4.69, 9.17) is 5.26 Å². The van der Waals surface area contributed by atoms with E-state index in [0.29, 0.717) is 16.8 Å². The average molecular weight is 300 g/mol. The van der Waals surface area contributed by atoms with Crippen LogP contribution in [0.3, 0.4) is 0 Å². The van der Waals surface area contributed by atoms with Crippen molar-refractivity contribution in [3.05, 3.63) is 59.2 Å². The van der Waals surface area contributed by atoms with Crippen molar-refractivity contribution in [2.45, 2.75) is 18.7 Å². The van der Waals surface area contributed by atoms with Crippen LogP contribution in [-0.4, -0.2) is 15.5 Å². The van der Waals surface area contributed by atoms with Gasteiger partial charge in [-0.2, -0.15) is 5.26 Å². The lowest BCUT2D eigenvalue weighted by molar-refractivity contribution is 0.593. The predicted molar refractivity (Wildman–Crippen MR) is 82.7 cm³/mol. The first-order chi connectivity index (χ1) is 9.87. The first-order valence-electron chi connectivity index (χ1n) is 6.43. The lowest BCUT2D eigenvalue weighted by Crippen LogP contribution is -2.27. The van der Waals surface area contributed by atoms with Crippen LogP contribution in [0, 0.1) is 25.2 Å². The summed E-state index contributed by atoms with van der Waals surface area (Å²) in [5.74, 6) is 0. The van der Waals surface area contributed by atoms with Gasteiger partial charge < -0.3 is 0 Å². The summed E-state index contributed by atoms with van der Waals surface area (Å²) in [7, 11) is -2.23. The molecule has 0 fully saturated rings. The Morgan fingerprint density at radius 3 is 2.38 bits per heavy atom. The van der Waals surface area contributed by atoms with E-state index in [-0.39, 0.29) is 4.90 Å². The van der Waals surface area contributed by atoms with Crippen molar-refractivity contribution in [3.63, 3.8) is 0 Å². The van der Waals surface area contributed by atoms with Crippen LogP contribution in [0.2, 0.25) is 0 Å². The summed E-state index contributed by atoms with van der Waals surface area (Å²) < 4.78 is 26.7. The fourth-order valence-electron chi connectivity index (χ4n) is 2.21. The molecular weight excluding hydrogens is 284 g/mol. The number of para-hydroxylation sites is 1. The van der Waals surface area contributed by atoms with Gasteiger partial charge in [0.15, 0.2) is 0 Å². The third-order valence-electron chi connectivity index (χ3n) is 3.33. The van der Waals surface area contributed by atoms with Crippen LogP contribution in [0.4, 0.5) is 5.69 Å². The van der Waals surface area contributed by atoms with Crippen LogP contribution in [0.25, 0.3) is 0 Å². The zero-order valence-corrected chi connectivity index (χ0v) is 13.0. The zero-order chi connectivity index (χ0) is 15.6. The van der Waals surface area contributed by atoms with Gasteiger partial charge in [-0.25, -0.2) is 8.42 Å². The molecule has 2 aromatic rings. The Morgan fingerprint density at radius 1 is 1.10 bits per heavy atom. The number of benzene rings is 2. The van der Waals surface area contributed by atoms with E-state index < -0.39 is 10.0 Å². The van der Waals surface area contributed by atoms with Crippen LogP contribution in [0.1, 0.15) is 16.7 Å². The number of hydrogen-bond donors (Lipinski definition) is 0. The summed E-state index contributed by atoms with van der Waals surface area (Å²) >= 11 is 0. The molecule has 0 aromatic heterocycles. The van der Waals surface area contributed by atoms with E-state index in [0.717, 1.165) is 9.87 Å². The van der Waals surface area contributed by atoms with Gasteiger partial charge in [0.2, 0.25) is 0 Å². The number of sulfonamides is 1. The highest BCUT2D eigenvalue weighted by atomic mass is 32.2. The molecule has 0 N–H and O–H groups in total. The Balaban J connectivity index is 2.56. The van der Waals surface area contributed by atoms with Gasteiger partial charge in [0, 0.05) is 7.05 Å². The van der Waals surface area contributed by atoms with Crippen molar-refractivity contribution in [2.75, 3.05) is 11.4 Å². The van der Waals surface area contributed by atoms with E-state index in [1.165, 1.54) is 7.05 Å². The molecule has 5 heteroatoms. The second-order valence-electron chi connectivity index (χ2n) is 4.87. The highest BCUT2D eigenvalue weighted by molar-refractivity contribution is 7.92. The maximum atomic E-state index is 12.7. The molecule has 0 atom stereocenters. The molecule has 0 aliphatic heterocycles. The molecule has 21 heavy (non-hydrogen) atoms. The Morgan fingerprint density at radius 2 is 1.76 bits per heavy atom. The van der Waals surface area contributed by atoms with Gasteiger partial charge in [-0.15, -0.1) is 0 Å². The fourth-order valence-corrected chi connectivity index (χ4v) is 3.63. The van der Waals surface area contributed by atoms with Gasteiger partial charge in [0.05, 0.1) is 16.1 Å². The van der Waals surface area contributed by atoms with Crippen molar-refractivity contribution in [3.8, 4) is 6.07 Å². The van der Waals surface area contributed by atoms with Crippen molar-refractivity contribution in [1.29, 1.82) is 5.26 Å². The smallest absolute Gasteiger partial charge is 0.264 e. The molecule has 0 spiro atoms. The van der Waals surface area contributed by atoms with Crippen LogP contribution in [0.15, 0.2) is 47.4 Å². The molecule has 2 rings (SSSR count). The van der Waals surface area contributed by atoms with Crippen LogP contribution < -0.4 is 4.31 Å². The number of hydrogen-bond acceptors (Lipinski definition) is 3.